The van der Waals surface area contributed by atoms with Gasteiger partial charge in [-0.1, -0.05) is 93.1 Å². The Balaban J connectivity index is 1.38. The van der Waals surface area contributed by atoms with Crippen LogP contribution in [0, 0.1) is 5.41 Å². The van der Waals surface area contributed by atoms with E-state index < -0.39 is 88.2 Å². The molecular weight excluding hydrogens is 1010 g/mol. The molecule has 7 rings (SSSR count). The van der Waals surface area contributed by atoms with Crippen LogP contribution in [0.15, 0.2) is 120 Å². The van der Waals surface area contributed by atoms with Gasteiger partial charge in [0.25, 0.3) is 30.4 Å². The van der Waals surface area contributed by atoms with Crippen LogP contribution in [0.4, 0.5) is 11.4 Å². The number of unbranched alkanes of at least 4 members (excludes halogenated alkanes) is 2. The van der Waals surface area contributed by atoms with Crippen molar-refractivity contribution in [3.8, 4) is 0 Å². The molecule has 4 aromatic rings. The van der Waals surface area contributed by atoms with Crippen LogP contribution in [-0.4, -0.2) is 116 Å². The molecule has 396 valence electrons. The summed E-state index contributed by atoms with van der Waals surface area (Å²) < 4.78 is 102. The van der Waals surface area contributed by atoms with Gasteiger partial charge < -0.3 is 20.6 Å². The number of carboxylic acid groups (broad SMARTS) is 1. The number of hydrogen-bond acceptors (Lipinski definition) is 10. The monoisotopic (exact) mass is 1070 g/mol. The van der Waals surface area contributed by atoms with E-state index in [2.05, 4.69) is 38.3 Å². The number of anilines is 1. The fourth-order valence-electron chi connectivity index (χ4n) is 10.9. The number of nitrogens with zero attached hydrogens (tertiary/aromatic N) is 2. The average molecular weight is 1070 g/mol. The maximum absolute atomic E-state index is 14.8. The third kappa shape index (κ3) is 12.7. The number of aliphatic carboxylic acids is 1. The molecule has 1 atom stereocenters. The predicted molar refractivity (Wildman–Crippen MR) is 287 cm³/mol. The van der Waals surface area contributed by atoms with Crippen molar-refractivity contribution in [3.63, 3.8) is 0 Å². The van der Waals surface area contributed by atoms with E-state index in [1.54, 1.807) is 0 Å². The Kier molecular flexibility index (Phi) is 16.6. The Hall–Kier alpha value is -6.03. The van der Waals surface area contributed by atoms with E-state index in [4.69, 9.17) is 5.11 Å². The highest BCUT2D eigenvalue weighted by molar-refractivity contribution is 7.86. The third-order valence-electron chi connectivity index (χ3n) is 14.2. The molecule has 0 spiro atoms. The van der Waals surface area contributed by atoms with E-state index >= 15 is 0 Å². The minimum Gasteiger partial charge on any atom is -0.481 e. The number of carbonyl (C=O) groups is 3. The molecule has 74 heavy (non-hydrogen) atoms. The van der Waals surface area contributed by atoms with Gasteiger partial charge in [-0.15, -0.1) is 0 Å². The minimum atomic E-state index is -4.52. The second-order valence-corrected chi connectivity index (χ2v) is 25.1. The lowest BCUT2D eigenvalue weighted by molar-refractivity contribution is -0.437. The molecule has 0 aromatic heterocycles. The van der Waals surface area contributed by atoms with Gasteiger partial charge in [-0.2, -0.15) is 29.8 Å². The summed E-state index contributed by atoms with van der Waals surface area (Å²) >= 11 is 0. The van der Waals surface area contributed by atoms with Gasteiger partial charge in [0.15, 0.2) is 5.71 Å². The van der Waals surface area contributed by atoms with Gasteiger partial charge in [0.2, 0.25) is 17.5 Å². The molecule has 1 aliphatic carbocycles. The number of benzene rings is 4. The second kappa shape index (κ2) is 22.0. The summed E-state index contributed by atoms with van der Waals surface area (Å²) in [6.07, 6.45) is 10.3. The number of nitrogens with one attached hydrogen (secondary N) is 2. The molecule has 0 fully saturated rings. The first kappa shape index (κ1) is 55.7. The van der Waals surface area contributed by atoms with Gasteiger partial charge >= 0.3 is 5.97 Å². The summed E-state index contributed by atoms with van der Waals surface area (Å²) in [5.74, 6) is -4.17. The first-order chi connectivity index (χ1) is 34.7. The number of rotatable bonds is 22. The summed E-state index contributed by atoms with van der Waals surface area (Å²) in [6, 6.07) is 23.8. The van der Waals surface area contributed by atoms with Crippen molar-refractivity contribution in [2.24, 2.45) is 5.41 Å². The molecule has 2 heterocycles. The lowest BCUT2D eigenvalue weighted by atomic mass is 9.70. The van der Waals surface area contributed by atoms with Crippen molar-refractivity contribution >= 4 is 86.8 Å². The topological polar surface area (TPSA) is 265 Å². The van der Waals surface area contributed by atoms with E-state index in [1.807, 2.05) is 113 Å². The zero-order chi connectivity index (χ0) is 53.9. The number of fused-ring (bicyclic) bond motifs is 6. The quantitative estimate of drug-likeness (QED) is 0.0192. The number of carboxylic acids is 1. The van der Waals surface area contributed by atoms with Crippen LogP contribution in [-0.2, 0) is 55.6 Å². The van der Waals surface area contributed by atoms with E-state index in [0.29, 0.717) is 30.4 Å². The summed E-state index contributed by atoms with van der Waals surface area (Å²) in [7, 11) is -13.1. The maximum atomic E-state index is 14.8. The first-order valence-corrected chi connectivity index (χ1v) is 29.5. The van der Waals surface area contributed by atoms with E-state index in [-0.39, 0.29) is 51.7 Å². The molecule has 17 nitrogen and oxygen atoms in total. The molecule has 2 aliphatic heterocycles. The Morgan fingerprint density at radius 3 is 1.88 bits per heavy atom. The number of carbonyl (C=O) groups excluding carboxylic acids is 2. The predicted octanol–water partition coefficient (Wildman–Crippen LogP) is 7.56. The van der Waals surface area contributed by atoms with E-state index in [0.717, 1.165) is 55.5 Å². The standard InChI is InChI=1S/C54H64N4O13S3/c1-52(2)45(57(29-12-31-72(63,64)65)43-23-21-39-14-7-9-16-41(39)48(43)52)25-19-37-34-38(36-54(35-37,51(62)56-28-33-74(69,70)71)50(61)55-27-11-5-6-18-47(59)60)20-26-46-53(3,4)49-42-17-10-8-15-40(42)22-24-44(49)58(46)30-13-32-73(66,67)68/h7-10,14-17,19-26,34H,5-6,11-13,18,27-33,35-36H2,1-4H3,(H5-,55,56,59,60,61,62,63,64,65,66,67,68,69,70,71)/p+1. The molecule has 0 radical (unpaired) electrons. The summed E-state index contributed by atoms with van der Waals surface area (Å²) in [4.78, 5) is 42.8. The molecular formula is C54H65N4O13S3+. The van der Waals surface area contributed by atoms with E-state index in [1.165, 1.54) is 0 Å². The Bertz CT molecular complexity index is 3390. The fraction of sp³-hybridized carbons (Fsp3) is 0.407. The van der Waals surface area contributed by atoms with Gasteiger partial charge in [0.1, 0.15) is 12.0 Å². The number of amides is 2. The van der Waals surface area contributed by atoms with Crippen LogP contribution in [0.3, 0.4) is 0 Å². The highest BCUT2D eigenvalue weighted by Gasteiger charge is 2.49. The molecule has 20 heteroatoms. The molecule has 3 aliphatic rings. The Labute approximate surface area is 433 Å². The van der Waals surface area contributed by atoms with Crippen molar-refractivity contribution in [2.75, 3.05) is 48.3 Å². The molecule has 0 bridgehead atoms. The summed E-state index contributed by atoms with van der Waals surface area (Å²) in [6.45, 7) is 8.24. The van der Waals surface area contributed by atoms with Crippen molar-refractivity contribution in [1.82, 2.24) is 10.6 Å². The smallest absolute Gasteiger partial charge is 0.303 e. The lowest BCUT2D eigenvalue weighted by Crippen LogP contribution is -2.53. The highest BCUT2D eigenvalue weighted by atomic mass is 32.2. The van der Waals surface area contributed by atoms with Crippen LogP contribution in [0.25, 0.3) is 21.5 Å². The first-order valence-electron chi connectivity index (χ1n) is 24.6. The normalized spacial score (nSPS) is 19.6. The van der Waals surface area contributed by atoms with Crippen LogP contribution in [0.5, 0.6) is 0 Å². The zero-order valence-electron chi connectivity index (χ0n) is 42.0. The highest BCUT2D eigenvalue weighted by Crippen LogP contribution is 2.51. The van der Waals surface area contributed by atoms with Crippen LogP contribution in [0.1, 0.15) is 90.2 Å². The van der Waals surface area contributed by atoms with Crippen molar-refractivity contribution in [2.45, 2.75) is 89.9 Å². The number of allylic oxidation sites excluding steroid dienone is 8. The van der Waals surface area contributed by atoms with Crippen LogP contribution >= 0.6 is 0 Å². The van der Waals surface area contributed by atoms with Crippen molar-refractivity contribution < 1.29 is 63.0 Å². The minimum absolute atomic E-state index is 0.0522. The Morgan fingerprint density at radius 1 is 0.649 bits per heavy atom. The average Bonchev–Trinajstić information content (AvgIpc) is 3.67. The molecule has 0 saturated heterocycles. The SMILES string of the molecule is CC1(C)C(=CC=C2C=C(C=CC3=[N+](CCCS(=O)(=O)O)c4ccc5ccccc5c4C3(C)C)CC(C(=O)NCCCCCC(=O)O)(C(=O)NCCS(=O)(=O)O)C2)N(CCCS(=O)(=O)O)c2ccc3ccccc3c21. The van der Waals surface area contributed by atoms with E-state index in [9.17, 15) is 53.3 Å². The molecule has 2 amide bonds. The Morgan fingerprint density at radius 2 is 1.24 bits per heavy atom. The largest absolute Gasteiger partial charge is 0.481 e. The lowest BCUT2D eigenvalue weighted by Gasteiger charge is -2.35. The molecule has 6 N–H and O–H groups in total. The molecule has 4 aromatic carbocycles. The third-order valence-corrected chi connectivity index (χ3v) is 16.6. The number of hydrogen-bond donors (Lipinski definition) is 6. The summed E-state index contributed by atoms with van der Waals surface area (Å²) in [5.41, 5.74) is 3.00. The fourth-order valence-corrected chi connectivity index (χ4v) is 12.2. The van der Waals surface area contributed by atoms with Crippen LogP contribution < -0.4 is 15.5 Å². The molecule has 0 saturated carbocycles. The maximum Gasteiger partial charge on any atom is 0.303 e. The zero-order valence-corrected chi connectivity index (χ0v) is 44.5. The van der Waals surface area contributed by atoms with Crippen molar-refractivity contribution in [1.29, 1.82) is 0 Å². The van der Waals surface area contributed by atoms with Gasteiger partial charge in [0, 0.05) is 67.0 Å². The van der Waals surface area contributed by atoms with Gasteiger partial charge in [-0.3, -0.25) is 28.0 Å². The van der Waals surface area contributed by atoms with Gasteiger partial charge in [-0.25, -0.2) is 0 Å². The van der Waals surface area contributed by atoms with Crippen molar-refractivity contribution in [3.05, 3.63) is 131 Å². The van der Waals surface area contributed by atoms with Gasteiger partial charge in [0.05, 0.1) is 22.7 Å². The van der Waals surface area contributed by atoms with Crippen LogP contribution in [0.2, 0.25) is 0 Å². The second-order valence-electron chi connectivity index (χ2n) is 20.4. The van der Waals surface area contributed by atoms with Gasteiger partial charge in [-0.05, 0) is 102 Å². The molecule has 1 unspecified atom stereocenters. The summed E-state index contributed by atoms with van der Waals surface area (Å²) in [5, 5.41) is 18.6.